The molecule has 1 saturated heterocycles. The number of carbonyl (C=O) groups excluding carboxylic acids is 1. The molecule has 0 radical (unpaired) electrons. The molecule has 1 N–H and O–H groups in total. The van der Waals surface area contributed by atoms with Crippen LogP contribution in [-0.4, -0.2) is 26.6 Å². The zero-order valence-corrected chi connectivity index (χ0v) is 15.5. The first-order valence-corrected chi connectivity index (χ1v) is 10.1. The number of amides is 1. The number of hydrogen-bond donors (Lipinski definition) is 1. The van der Waals surface area contributed by atoms with Crippen molar-refractivity contribution in [1.82, 2.24) is 0 Å². The summed E-state index contributed by atoms with van der Waals surface area (Å²) in [5.74, 6) is -0.219. The molecule has 1 aliphatic rings. The Morgan fingerprint density at radius 1 is 1.00 bits per heavy atom. The van der Waals surface area contributed by atoms with Gasteiger partial charge in [-0.3, -0.25) is 9.10 Å². The van der Waals surface area contributed by atoms with Gasteiger partial charge in [-0.25, -0.2) is 8.42 Å². The fraction of sp³-hybridized carbons (Fsp3) is 0.235. The van der Waals surface area contributed by atoms with Gasteiger partial charge in [-0.05, 0) is 49.2 Å². The van der Waals surface area contributed by atoms with E-state index in [1.807, 2.05) is 0 Å². The van der Waals surface area contributed by atoms with Crippen molar-refractivity contribution in [1.29, 1.82) is 0 Å². The molecule has 1 aliphatic heterocycles. The van der Waals surface area contributed by atoms with Gasteiger partial charge in [-0.1, -0.05) is 29.3 Å². The van der Waals surface area contributed by atoms with Crippen LogP contribution in [0.4, 0.5) is 11.4 Å². The van der Waals surface area contributed by atoms with Crippen molar-refractivity contribution in [2.24, 2.45) is 0 Å². The zero-order chi connectivity index (χ0) is 18.0. The van der Waals surface area contributed by atoms with Gasteiger partial charge in [-0.2, -0.15) is 0 Å². The van der Waals surface area contributed by atoms with E-state index in [1.165, 1.54) is 4.31 Å². The molecule has 0 aliphatic carbocycles. The maximum Gasteiger partial charge on any atom is 0.255 e. The van der Waals surface area contributed by atoms with Crippen LogP contribution in [-0.2, 0) is 10.0 Å². The second-order valence-corrected chi connectivity index (χ2v) is 8.52. The maximum absolute atomic E-state index is 12.4. The van der Waals surface area contributed by atoms with Gasteiger partial charge < -0.3 is 5.32 Å². The van der Waals surface area contributed by atoms with E-state index in [2.05, 4.69) is 5.32 Å². The van der Waals surface area contributed by atoms with Crippen LogP contribution in [0.15, 0.2) is 42.5 Å². The lowest BCUT2D eigenvalue weighted by atomic mass is 10.2. The van der Waals surface area contributed by atoms with Crippen LogP contribution in [0.25, 0.3) is 0 Å². The van der Waals surface area contributed by atoms with Crippen LogP contribution in [0, 0.1) is 0 Å². The Balaban J connectivity index is 1.79. The normalized spacial score (nSPS) is 16.5. The number of benzene rings is 2. The van der Waals surface area contributed by atoms with Gasteiger partial charge in [0.05, 0.1) is 27.2 Å². The summed E-state index contributed by atoms with van der Waals surface area (Å²) in [6, 6.07) is 11.4. The highest BCUT2D eigenvalue weighted by molar-refractivity contribution is 7.92. The molecule has 0 aromatic heterocycles. The lowest BCUT2D eigenvalue weighted by Gasteiger charge is -2.28. The number of nitrogens with zero attached hydrogens (tertiary/aromatic N) is 1. The first kappa shape index (κ1) is 18.0. The third-order valence-electron chi connectivity index (χ3n) is 3.97. The Morgan fingerprint density at radius 3 is 2.24 bits per heavy atom. The van der Waals surface area contributed by atoms with Crippen molar-refractivity contribution in [2.45, 2.75) is 12.8 Å². The van der Waals surface area contributed by atoms with Crippen molar-refractivity contribution in [3.05, 3.63) is 58.1 Å². The first-order valence-electron chi connectivity index (χ1n) is 7.74. The number of hydrogen-bond acceptors (Lipinski definition) is 3. The largest absolute Gasteiger partial charge is 0.319 e. The van der Waals surface area contributed by atoms with Gasteiger partial charge >= 0.3 is 0 Å². The van der Waals surface area contributed by atoms with Gasteiger partial charge in [0.15, 0.2) is 0 Å². The van der Waals surface area contributed by atoms with Crippen LogP contribution < -0.4 is 9.62 Å². The molecule has 1 fully saturated rings. The molecule has 2 aromatic rings. The summed E-state index contributed by atoms with van der Waals surface area (Å²) in [7, 11) is -3.27. The van der Waals surface area contributed by atoms with Crippen molar-refractivity contribution in [3.63, 3.8) is 0 Å². The van der Waals surface area contributed by atoms with Crippen molar-refractivity contribution in [3.8, 4) is 0 Å². The number of sulfonamides is 1. The Hall–Kier alpha value is -1.76. The lowest BCUT2D eigenvalue weighted by Crippen LogP contribution is -2.37. The van der Waals surface area contributed by atoms with Gasteiger partial charge in [0.25, 0.3) is 5.91 Å². The molecule has 3 rings (SSSR count). The molecule has 25 heavy (non-hydrogen) atoms. The molecule has 2 aromatic carbocycles. The first-order chi connectivity index (χ1) is 11.9. The molecule has 1 amide bonds. The molecule has 0 unspecified atom stereocenters. The number of anilines is 2. The fourth-order valence-corrected chi connectivity index (χ4v) is 4.79. The van der Waals surface area contributed by atoms with Gasteiger partial charge in [0.2, 0.25) is 10.0 Å². The van der Waals surface area contributed by atoms with E-state index in [1.54, 1.807) is 42.5 Å². The molecule has 0 atom stereocenters. The third-order valence-corrected chi connectivity index (χ3v) is 6.47. The number of halogens is 2. The fourth-order valence-electron chi connectivity index (χ4n) is 2.66. The Morgan fingerprint density at radius 2 is 1.64 bits per heavy atom. The topological polar surface area (TPSA) is 66.5 Å². The molecule has 0 spiro atoms. The molecule has 132 valence electrons. The lowest BCUT2D eigenvalue weighted by molar-refractivity contribution is 0.102. The van der Waals surface area contributed by atoms with Crippen LogP contribution in [0.1, 0.15) is 23.2 Å². The highest BCUT2D eigenvalue weighted by Crippen LogP contribution is 2.30. The second-order valence-electron chi connectivity index (χ2n) is 5.69. The monoisotopic (exact) mass is 398 g/mol. The van der Waals surface area contributed by atoms with E-state index < -0.39 is 10.0 Å². The Kier molecular flexibility index (Phi) is 5.22. The summed E-state index contributed by atoms with van der Waals surface area (Å²) in [4.78, 5) is 12.4. The minimum atomic E-state index is -3.27. The van der Waals surface area contributed by atoms with Crippen molar-refractivity contribution in [2.75, 3.05) is 21.9 Å². The average molecular weight is 399 g/mol. The van der Waals surface area contributed by atoms with E-state index in [9.17, 15) is 13.2 Å². The van der Waals surface area contributed by atoms with Crippen LogP contribution in [0.3, 0.4) is 0 Å². The molecule has 8 heteroatoms. The van der Waals surface area contributed by atoms with E-state index in [0.717, 1.165) is 6.42 Å². The quantitative estimate of drug-likeness (QED) is 0.842. The molecule has 5 nitrogen and oxygen atoms in total. The predicted molar refractivity (Wildman–Crippen MR) is 101 cm³/mol. The molecule has 0 saturated carbocycles. The van der Waals surface area contributed by atoms with Crippen LogP contribution in [0.5, 0.6) is 0 Å². The zero-order valence-electron chi connectivity index (χ0n) is 13.2. The summed E-state index contributed by atoms with van der Waals surface area (Å²) >= 11 is 12.1. The Labute approximate surface area is 156 Å². The minimum absolute atomic E-state index is 0.153. The van der Waals surface area contributed by atoms with Crippen molar-refractivity contribution >= 4 is 50.5 Å². The number of carbonyl (C=O) groups is 1. The summed E-state index contributed by atoms with van der Waals surface area (Å²) in [5, 5.41) is 3.36. The molecular formula is C17H16Cl2N2O3S. The van der Waals surface area contributed by atoms with E-state index in [4.69, 9.17) is 23.2 Å². The van der Waals surface area contributed by atoms with Gasteiger partial charge in [0, 0.05) is 12.1 Å². The minimum Gasteiger partial charge on any atom is -0.319 e. The summed E-state index contributed by atoms with van der Waals surface area (Å²) in [6.07, 6.45) is 1.50. The van der Waals surface area contributed by atoms with Gasteiger partial charge in [0.1, 0.15) is 0 Å². The van der Waals surface area contributed by atoms with Crippen LogP contribution >= 0.6 is 23.2 Å². The molecule has 0 bridgehead atoms. The number of para-hydroxylation sites is 1. The molecular weight excluding hydrogens is 383 g/mol. The third kappa shape index (κ3) is 3.92. The van der Waals surface area contributed by atoms with E-state index in [-0.39, 0.29) is 11.7 Å². The SMILES string of the molecule is O=C(Nc1c(Cl)cccc1Cl)c1ccc(N2CCCCS2(=O)=O)cc1. The van der Waals surface area contributed by atoms with Crippen LogP contribution in [0.2, 0.25) is 10.0 Å². The standard InChI is InChI=1S/C17H16Cl2N2O3S/c18-14-4-3-5-15(19)16(14)20-17(22)12-6-8-13(9-7-12)21-10-1-2-11-25(21,23)24/h3-9H,1-2,10-11H2,(H,20,22). The average Bonchev–Trinajstić information content (AvgIpc) is 2.58. The Bertz CT molecular complexity index is 878. The van der Waals surface area contributed by atoms with Crippen molar-refractivity contribution < 1.29 is 13.2 Å². The maximum atomic E-state index is 12.4. The summed E-state index contributed by atoms with van der Waals surface area (Å²) in [6.45, 7) is 0.461. The van der Waals surface area contributed by atoms with E-state index in [0.29, 0.717) is 39.9 Å². The highest BCUT2D eigenvalue weighted by Gasteiger charge is 2.26. The summed E-state index contributed by atoms with van der Waals surface area (Å²) < 4.78 is 25.7. The summed E-state index contributed by atoms with van der Waals surface area (Å²) in [5.41, 5.74) is 1.29. The smallest absolute Gasteiger partial charge is 0.255 e. The molecule has 1 heterocycles. The second kappa shape index (κ2) is 7.23. The van der Waals surface area contributed by atoms with E-state index >= 15 is 0 Å². The van der Waals surface area contributed by atoms with Gasteiger partial charge in [-0.15, -0.1) is 0 Å². The number of rotatable bonds is 3. The highest BCUT2D eigenvalue weighted by atomic mass is 35.5. The predicted octanol–water partition coefficient (Wildman–Crippen LogP) is 4.18. The number of nitrogens with one attached hydrogen (secondary N) is 1.